The lowest BCUT2D eigenvalue weighted by Crippen LogP contribution is -2.48. The van der Waals surface area contributed by atoms with Gasteiger partial charge in [-0.05, 0) is 17.7 Å². The van der Waals surface area contributed by atoms with Gasteiger partial charge in [0.25, 0.3) is 5.91 Å². The van der Waals surface area contributed by atoms with Gasteiger partial charge < -0.3 is 9.80 Å². The van der Waals surface area contributed by atoms with Gasteiger partial charge in [0.1, 0.15) is 5.82 Å². The summed E-state index contributed by atoms with van der Waals surface area (Å²) in [5.41, 5.74) is 7.25. The van der Waals surface area contributed by atoms with Crippen molar-refractivity contribution in [2.24, 2.45) is 5.10 Å². The number of carbonyl (C=O) groups is 2. The van der Waals surface area contributed by atoms with Gasteiger partial charge in [-0.15, -0.1) is 11.6 Å². The minimum absolute atomic E-state index is 0.0455. The largest absolute Gasteiger partial charge is 0.342 e. The Bertz CT molecular complexity index is 1030. The standard InChI is InChI=1S/C22H21FN4O2.C2H5Cl/c1-15-17-4-2-3-5-18(17)21(25-24-15)13-16-6-7-20(23)19(12-16)22(29)27-10-8-26(14-28)9-11-27;1-2-3/h2-7,12,14,24H,1,8-11,13H2;2H2,1H3. The van der Waals surface area contributed by atoms with Crippen molar-refractivity contribution in [1.82, 2.24) is 15.2 Å². The number of nitrogens with zero attached hydrogens (tertiary/aromatic N) is 3. The molecule has 8 heteroatoms. The maximum atomic E-state index is 14.4. The molecule has 0 atom stereocenters. The van der Waals surface area contributed by atoms with E-state index in [1.165, 1.54) is 6.07 Å². The van der Waals surface area contributed by atoms with Crippen LogP contribution in [-0.4, -0.2) is 59.9 Å². The number of benzene rings is 2. The molecular weight excluding hydrogens is 431 g/mol. The lowest BCUT2D eigenvalue weighted by molar-refractivity contribution is -0.119. The number of carbonyl (C=O) groups excluding carboxylic acids is 2. The highest BCUT2D eigenvalue weighted by atomic mass is 35.5. The van der Waals surface area contributed by atoms with Crippen LogP contribution in [0, 0.1) is 5.82 Å². The number of alkyl halides is 1. The van der Waals surface area contributed by atoms with Crippen LogP contribution in [0.1, 0.15) is 34.0 Å². The highest BCUT2D eigenvalue weighted by Gasteiger charge is 2.24. The van der Waals surface area contributed by atoms with Crippen LogP contribution in [0.3, 0.4) is 0 Å². The Morgan fingerprint density at radius 1 is 1.19 bits per heavy atom. The molecule has 2 aliphatic heterocycles. The normalized spacial score (nSPS) is 15.1. The molecule has 2 aromatic carbocycles. The molecule has 2 aliphatic rings. The summed E-state index contributed by atoms with van der Waals surface area (Å²) in [5.74, 6) is -0.179. The smallest absolute Gasteiger partial charge is 0.256 e. The Hall–Kier alpha value is -3.19. The van der Waals surface area contributed by atoms with Crippen LogP contribution in [0.5, 0.6) is 0 Å². The molecular formula is C24H26ClFN4O2. The Morgan fingerprint density at radius 3 is 2.50 bits per heavy atom. The number of nitrogens with one attached hydrogen (secondary N) is 1. The molecule has 0 spiro atoms. The first-order valence-corrected chi connectivity index (χ1v) is 11.0. The quantitative estimate of drug-likeness (QED) is 0.565. The van der Waals surface area contributed by atoms with Gasteiger partial charge >= 0.3 is 0 Å². The lowest BCUT2D eigenvalue weighted by Gasteiger charge is -2.32. The maximum absolute atomic E-state index is 14.4. The van der Waals surface area contributed by atoms with Crippen LogP contribution in [-0.2, 0) is 11.2 Å². The fourth-order valence-corrected chi connectivity index (χ4v) is 3.63. The molecule has 168 valence electrons. The molecule has 1 saturated heterocycles. The first-order chi connectivity index (χ1) is 15.5. The SMILES string of the molecule is C=C1NN=C(Cc2ccc(F)c(C(=O)N3CCN(C=O)CC3)c2)c2ccccc21.CCCl. The second kappa shape index (κ2) is 10.9. The number of rotatable bonds is 4. The van der Waals surface area contributed by atoms with Crippen molar-refractivity contribution in [1.29, 1.82) is 0 Å². The van der Waals surface area contributed by atoms with Crippen molar-refractivity contribution < 1.29 is 14.0 Å². The summed E-state index contributed by atoms with van der Waals surface area (Å²) in [7, 11) is 0. The Morgan fingerprint density at radius 2 is 1.84 bits per heavy atom. The number of halogens is 2. The molecule has 1 fully saturated rings. The maximum Gasteiger partial charge on any atom is 0.256 e. The van der Waals surface area contributed by atoms with Crippen LogP contribution in [0.2, 0.25) is 0 Å². The monoisotopic (exact) mass is 456 g/mol. The second-order valence-corrected chi connectivity index (χ2v) is 7.92. The molecule has 6 nitrogen and oxygen atoms in total. The van der Waals surface area contributed by atoms with Crippen LogP contribution in [0.15, 0.2) is 54.1 Å². The molecule has 2 heterocycles. The van der Waals surface area contributed by atoms with Crippen molar-refractivity contribution in [3.05, 3.63) is 77.1 Å². The van der Waals surface area contributed by atoms with Gasteiger partial charge in [-0.25, -0.2) is 4.39 Å². The van der Waals surface area contributed by atoms with Gasteiger partial charge in [-0.2, -0.15) is 5.10 Å². The zero-order valence-corrected chi connectivity index (χ0v) is 18.7. The lowest BCUT2D eigenvalue weighted by atomic mass is 9.94. The van der Waals surface area contributed by atoms with Crippen molar-refractivity contribution in [3.63, 3.8) is 0 Å². The van der Waals surface area contributed by atoms with Crippen molar-refractivity contribution in [2.45, 2.75) is 13.3 Å². The summed E-state index contributed by atoms with van der Waals surface area (Å²) in [6, 6.07) is 12.4. The second-order valence-electron chi connectivity index (χ2n) is 7.39. The summed E-state index contributed by atoms with van der Waals surface area (Å²) in [6.45, 7) is 7.56. The van der Waals surface area contributed by atoms with E-state index >= 15 is 0 Å². The van der Waals surface area contributed by atoms with Crippen LogP contribution in [0.25, 0.3) is 5.70 Å². The average Bonchev–Trinajstić information content (AvgIpc) is 2.82. The van der Waals surface area contributed by atoms with Crippen molar-refractivity contribution in [3.8, 4) is 0 Å². The van der Waals surface area contributed by atoms with Crippen LogP contribution in [0.4, 0.5) is 4.39 Å². The molecule has 1 N–H and O–H groups in total. The van der Waals surface area contributed by atoms with E-state index in [2.05, 4.69) is 17.1 Å². The Kier molecular flexibility index (Phi) is 8.00. The molecule has 32 heavy (non-hydrogen) atoms. The van der Waals surface area contributed by atoms with E-state index in [1.807, 2.05) is 31.2 Å². The number of fused-ring (bicyclic) bond motifs is 1. The first-order valence-electron chi connectivity index (χ1n) is 10.4. The van der Waals surface area contributed by atoms with Gasteiger partial charge in [0.05, 0.1) is 17.0 Å². The number of amides is 2. The molecule has 0 saturated carbocycles. The third-order valence-electron chi connectivity index (χ3n) is 5.27. The molecule has 2 aromatic rings. The van der Waals surface area contributed by atoms with Gasteiger partial charge in [-0.3, -0.25) is 15.0 Å². The molecule has 0 aromatic heterocycles. The van der Waals surface area contributed by atoms with E-state index in [0.717, 1.165) is 40.4 Å². The predicted octanol–water partition coefficient (Wildman–Crippen LogP) is 3.51. The summed E-state index contributed by atoms with van der Waals surface area (Å²) in [5, 5.41) is 4.39. The molecule has 0 radical (unpaired) electrons. The number of hydrogen-bond acceptors (Lipinski definition) is 4. The van der Waals surface area contributed by atoms with Gasteiger partial charge in [0.15, 0.2) is 0 Å². The highest BCUT2D eigenvalue weighted by molar-refractivity contribution is 6.17. The van der Waals surface area contributed by atoms with Gasteiger partial charge in [-0.1, -0.05) is 43.8 Å². The number of hydrogen-bond donors (Lipinski definition) is 1. The molecule has 0 unspecified atom stereocenters. The molecule has 4 rings (SSSR count). The average molecular weight is 457 g/mol. The first kappa shape index (κ1) is 23.5. The van der Waals surface area contributed by atoms with Crippen LogP contribution < -0.4 is 5.43 Å². The fourth-order valence-electron chi connectivity index (χ4n) is 3.63. The summed E-state index contributed by atoms with van der Waals surface area (Å²) in [6.07, 6.45) is 1.23. The Labute approximate surface area is 192 Å². The van der Waals surface area contributed by atoms with Gasteiger partial charge in [0, 0.05) is 49.6 Å². The topological polar surface area (TPSA) is 65.0 Å². The summed E-state index contributed by atoms with van der Waals surface area (Å²) < 4.78 is 14.4. The molecule has 0 bridgehead atoms. The fraction of sp³-hybridized carbons (Fsp3) is 0.292. The van der Waals surface area contributed by atoms with Crippen molar-refractivity contribution >= 4 is 35.3 Å². The van der Waals surface area contributed by atoms with Gasteiger partial charge in [0.2, 0.25) is 6.41 Å². The minimum Gasteiger partial charge on any atom is -0.342 e. The molecule has 0 aliphatic carbocycles. The van der Waals surface area contributed by atoms with Crippen molar-refractivity contribution in [2.75, 3.05) is 32.1 Å². The Balaban J connectivity index is 0.000000913. The van der Waals surface area contributed by atoms with Crippen LogP contribution >= 0.6 is 11.6 Å². The molecule has 2 amide bonds. The summed E-state index contributed by atoms with van der Waals surface area (Å²) in [4.78, 5) is 26.9. The number of hydrazone groups is 1. The van der Waals surface area contributed by atoms with E-state index in [4.69, 9.17) is 11.6 Å². The highest BCUT2D eigenvalue weighted by Crippen LogP contribution is 2.23. The zero-order chi connectivity index (χ0) is 23.1. The zero-order valence-electron chi connectivity index (χ0n) is 18.0. The van der Waals surface area contributed by atoms with E-state index in [0.29, 0.717) is 32.6 Å². The third-order valence-corrected chi connectivity index (χ3v) is 5.27. The van der Waals surface area contributed by atoms with E-state index in [-0.39, 0.29) is 11.5 Å². The third kappa shape index (κ3) is 5.34. The van der Waals surface area contributed by atoms with E-state index in [9.17, 15) is 14.0 Å². The minimum atomic E-state index is -0.547. The van der Waals surface area contributed by atoms with E-state index in [1.54, 1.807) is 21.9 Å². The predicted molar refractivity (Wildman–Crippen MR) is 125 cm³/mol. The van der Waals surface area contributed by atoms with E-state index < -0.39 is 5.82 Å². The summed E-state index contributed by atoms with van der Waals surface area (Å²) >= 11 is 5.00. The number of piperazine rings is 1.